The second-order valence-electron chi connectivity index (χ2n) is 6.15. The Labute approximate surface area is 122 Å². The van der Waals surface area contributed by atoms with E-state index in [4.69, 9.17) is 18.0 Å². The molecule has 19 heavy (non-hydrogen) atoms. The van der Waals surface area contributed by atoms with Crippen molar-refractivity contribution in [2.45, 2.75) is 39.7 Å². The van der Waals surface area contributed by atoms with Gasteiger partial charge in [0.1, 0.15) is 0 Å². The Hall–Kier alpha value is -0.930. The van der Waals surface area contributed by atoms with E-state index in [0.717, 1.165) is 19.5 Å². The van der Waals surface area contributed by atoms with E-state index in [1.807, 2.05) is 0 Å². The van der Waals surface area contributed by atoms with Gasteiger partial charge >= 0.3 is 0 Å². The van der Waals surface area contributed by atoms with E-state index < -0.39 is 0 Å². The Morgan fingerprint density at radius 2 is 2.00 bits per heavy atom. The number of rotatable bonds is 4. The maximum Gasteiger partial charge on any atom is 0.0784 e. The van der Waals surface area contributed by atoms with Crippen LogP contribution in [0.5, 0.6) is 0 Å². The molecule has 0 aromatic heterocycles. The van der Waals surface area contributed by atoms with Gasteiger partial charge in [-0.2, -0.15) is 0 Å². The molecule has 2 nitrogen and oxygen atoms in total. The standard InChI is InChI=1S/C16H24N2S/c1-16(2,15(17)19)9-11-18-10-5-8-13-6-3-4-7-14(13)12-18/h3-4,6-7H,5,8-12H2,1-2H3,(H2,17,19). The molecule has 0 saturated heterocycles. The number of thiocarbonyl (C=S) groups is 1. The Bertz CT molecular complexity index is 454. The van der Waals surface area contributed by atoms with E-state index in [1.54, 1.807) is 0 Å². The molecule has 1 aromatic carbocycles. The fourth-order valence-electron chi connectivity index (χ4n) is 2.52. The SMILES string of the molecule is CC(C)(CCN1CCCc2ccccc2C1)C(N)=S. The van der Waals surface area contributed by atoms with E-state index in [0.29, 0.717) is 4.99 Å². The fraction of sp³-hybridized carbons (Fsp3) is 0.562. The molecule has 1 aromatic rings. The monoisotopic (exact) mass is 276 g/mol. The zero-order chi connectivity index (χ0) is 13.9. The maximum absolute atomic E-state index is 5.81. The molecule has 2 N–H and O–H groups in total. The second kappa shape index (κ2) is 6.02. The third kappa shape index (κ3) is 3.77. The summed E-state index contributed by atoms with van der Waals surface area (Å²) in [5, 5.41) is 0. The minimum Gasteiger partial charge on any atom is -0.393 e. The number of aryl methyl sites for hydroxylation is 1. The van der Waals surface area contributed by atoms with E-state index in [9.17, 15) is 0 Å². The van der Waals surface area contributed by atoms with Gasteiger partial charge < -0.3 is 5.73 Å². The van der Waals surface area contributed by atoms with Gasteiger partial charge in [0.05, 0.1) is 4.99 Å². The Morgan fingerprint density at radius 3 is 2.68 bits per heavy atom. The number of fused-ring (bicyclic) bond motifs is 1. The number of hydrogen-bond acceptors (Lipinski definition) is 2. The maximum atomic E-state index is 5.81. The average Bonchev–Trinajstić information content (AvgIpc) is 2.58. The van der Waals surface area contributed by atoms with Gasteiger partial charge in [-0.15, -0.1) is 0 Å². The Balaban J connectivity index is 1.98. The first-order chi connectivity index (χ1) is 8.99. The lowest BCUT2D eigenvalue weighted by atomic mass is 9.89. The number of benzene rings is 1. The van der Waals surface area contributed by atoms with Crippen molar-refractivity contribution in [3.63, 3.8) is 0 Å². The van der Waals surface area contributed by atoms with Crippen molar-refractivity contribution in [2.75, 3.05) is 13.1 Å². The third-order valence-corrected chi connectivity index (χ3v) is 4.71. The molecule has 1 heterocycles. The molecular formula is C16H24N2S. The van der Waals surface area contributed by atoms with Crippen molar-refractivity contribution < 1.29 is 0 Å². The highest BCUT2D eigenvalue weighted by Crippen LogP contribution is 2.23. The van der Waals surface area contributed by atoms with Gasteiger partial charge in [-0.05, 0) is 43.5 Å². The van der Waals surface area contributed by atoms with Crippen LogP contribution in [-0.2, 0) is 13.0 Å². The molecule has 0 radical (unpaired) electrons. The number of hydrogen-bond donors (Lipinski definition) is 1. The van der Waals surface area contributed by atoms with Crippen LogP contribution in [0.15, 0.2) is 24.3 Å². The summed E-state index contributed by atoms with van der Waals surface area (Å²) in [6.45, 7) is 7.58. The predicted octanol–water partition coefficient (Wildman–Crippen LogP) is 3.14. The van der Waals surface area contributed by atoms with Crippen molar-refractivity contribution in [2.24, 2.45) is 11.1 Å². The quantitative estimate of drug-likeness (QED) is 0.857. The van der Waals surface area contributed by atoms with Crippen molar-refractivity contribution in [1.29, 1.82) is 0 Å². The lowest BCUT2D eigenvalue weighted by Gasteiger charge is -2.28. The Morgan fingerprint density at radius 1 is 1.32 bits per heavy atom. The van der Waals surface area contributed by atoms with Crippen LogP contribution in [0.25, 0.3) is 0 Å². The van der Waals surface area contributed by atoms with Crippen molar-refractivity contribution >= 4 is 17.2 Å². The molecular weight excluding hydrogens is 252 g/mol. The van der Waals surface area contributed by atoms with E-state index >= 15 is 0 Å². The highest BCUT2D eigenvalue weighted by Gasteiger charge is 2.23. The second-order valence-corrected chi connectivity index (χ2v) is 6.59. The van der Waals surface area contributed by atoms with Crippen LogP contribution in [0, 0.1) is 5.41 Å². The topological polar surface area (TPSA) is 29.3 Å². The lowest BCUT2D eigenvalue weighted by molar-refractivity contribution is 0.241. The van der Waals surface area contributed by atoms with Crippen LogP contribution in [-0.4, -0.2) is 23.0 Å². The van der Waals surface area contributed by atoms with Crippen LogP contribution in [0.1, 0.15) is 37.8 Å². The van der Waals surface area contributed by atoms with Crippen LogP contribution in [0.3, 0.4) is 0 Å². The number of nitrogens with zero attached hydrogens (tertiary/aromatic N) is 1. The molecule has 0 spiro atoms. The molecule has 1 aliphatic heterocycles. The lowest BCUT2D eigenvalue weighted by Crippen LogP contribution is -2.35. The molecule has 0 atom stereocenters. The zero-order valence-corrected chi connectivity index (χ0v) is 12.8. The molecule has 2 rings (SSSR count). The van der Waals surface area contributed by atoms with E-state index in [-0.39, 0.29) is 5.41 Å². The number of nitrogens with two attached hydrogens (primary N) is 1. The largest absolute Gasteiger partial charge is 0.393 e. The third-order valence-electron chi connectivity index (χ3n) is 4.15. The molecule has 0 unspecified atom stereocenters. The van der Waals surface area contributed by atoms with Crippen LogP contribution < -0.4 is 5.73 Å². The summed E-state index contributed by atoms with van der Waals surface area (Å²) in [4.78, 5) is 3.16. The molecule has 0 aliphatic carbocycles. The summed E-state index contributed by atoms with van der Waals surface area (Å²) in [6.07, 6.45) is 3.47. The smallest absolute Gasteiger partial charge is 0.0784 e. The van der Waals surface area contributed by atoms with E-state index in [2.05, 4.69) is 43.0 Å². The minimum atomic E-state index is -0.0405. The summed E-state index contributed by atoms with van der Waals surface area (Å²) < 4.78 is 0. The van der Waals surface area contributed by atoms with Crippen molar-refractivity contribution in [1.82, 2.24) is 4.90 Å². The van der Waals surface area contributed by atoms with Gasteiger partial charge in [0.15, 0.2) is 0 Å². The summed E-state index contributed by atoms with van der Waals surface area (Å²) in [5.41, 5.74) is 8.76. The Kier molecular flexibility index (Phi) is 4.58. The first-order valence-electron chi connectivity index (χ1n) is 7.08. The molecule has 0 amide bonds. The summed E-state index contributed by atoms with van der Waals surface area (Å²) in [6, 6.07) is 8.80. The van der Waals surface area contributed by atoms with Crippen molar-refractivity contribution in [3.05, 3.63) is 35.4 Å². The zero-order valence-electron chi connectivity index (χ0n) is 12.0. The molecule has 3 heteroatoms. The van der Waals surface area contributed by atoms with Gasteiger partial charge in [-0.1, -0.05) is 50.3 Å². The van der Waals surface area contributed by atoms with Crippen LogP contribution in [0.2, 0.25) is 0 Å². The minimum absolute atomic E-state index is 0.0405. The molecule has 0 fully saturated rings. The van der Waals surface area contributed by atoms with Gasteiger partial charge in [-0.25, -0.2) is 0 Å². The summed E-state index contributed by atoms with van der Waals surface area (Å²) in [5.74, 6) is 0. The first-order valence-corrected chi connectivity index (χ1v) is 7.49. The highest BCUT2D eigenvalue weighted by atomic mass is 32.1. The van der Waals surface area contributed by atoms with E-state index in [1.165, 1.54) is 30.5 Å². The highest BCUT2D eigenvalue weighted by molar-refractivity contribution is 7.80. The molecule has 0 bridgehead atoms. The van der Waals surface area contributed by atoms with Gasteiger partial charge in [0.25, 0.3) is 0 Å². The van der Waals surface area contributed by atoms with Crippen LogP contribution >= 0.6 is 12.2 Å². The van der Waals surface area contributed by atoms with Gasteiger partial charge in [0.2, 0.25) is 0 Å². The fourth-order valence-corrected chi connectivity index (χ4v) is 2.62. The average molecular weight is 276 g/mol. The summed E-state index contributed by atoms with van der Waals surface area (Å²) >= 11 is 5.15. The first kappa shape index (κ1) is 14.5. The predicted molar refractivity (Wildman–Crippen MR) is 85.2 cm³/mol. The molecule has 0 saturated carbocycles. The van der Waals surface area contributed by atoms with Gasteiger partial charge in [0, 0.05) is 12.0 Å². The molecule has 1 aliphatic rings. The summed E-state index contributed by atoms with van der Waals surface area (Å²) in [7, 11) is 0. The normalized spacial score (nSPS) is 16.7. The van der Waals surface area contributed by atoms with Gasteiger partial charge in [-0.3, -0.25) is 4.90 Å². The molecule has 104 valence electrons. The van der Waals surface area contributed by atoms with Crippen molar-refractivity contribution in [3.8, 4) is 0 Å². The van der Waals surface area contributed by atoms with Crippen LogP contribution in [0.4, 0.5) is 0 Å².